The maximum atomic E-state index is 13.3. The lowest BCUT2D eigenvalue weighted by Crippen LogP contribution is -2.27. The van der Waals surface area contributed by atoms with Crippen molar-refractivity contribution in [2.24, 2.45) is 0 Å². The molecule has 0 aliphatic carbocycles. The molecule has 0 aliphatic heterocycles. The standard InChI is InChI=1S/C9H8BrF2NO2/c1-13(15-2)9(14)8-6(11)3-5(10)4-7(8)12/h3-4H,1-2H3. The molecule has 0 fully saturated rings. The molecule has 0 N–H and O–H groups in total. The Labute approximate surface area is 93.7 Å². The van der Waals surface area contributed by atoms with E-state index in [1.807, 2.05) is 0 Å². The minimum atomic E-state index is -0.934. The first kappa shape index (κ1) is 12.1. The molecule has 0 aliphatic rings. The number of nitrogens with zero attached hydrogens (tertiary/aromatic N) is 1. The highest BCUT2D eigenvalue weighted by molar-refractivity contribution is 9.10. The van der Waals surface area contributed by atoms with Crippen molar-refractivity contribution >= 4 is 21.8 Å². The van der Waals surface area contributed by atoms with E-state index in [4.69, 9.17) is 0 Å². The number of hydrogen-bond donors (Lipinski definition) is 0. The quantitative estimate of drug-likeness (QED) is 0.778. The molecule has 3 nitrogen and oxygen atoms in total. The van der Waals surface area contributed by atoms with E-state index in [9.17, 15) is 13.6 Å². The molecule has 0 spiro atoms. The minimum absolute atomic E-state index is 0.231. The second kappa shape index (κ2) is 4.67. The van der Waals surface area contributed by atoms with Crippen LogP contribution in [0.3, 0.4) is 0 Å². The third-order valence-corrected chi connectivity index (χ3v) is 2.24. The van der Waals surface area contributed by atoms with Gasteiger partial charge in [-0.2, -0.15) is 0 Å². The normalized spacial score (nSPS) is 10.2. The molecule has 0 aromatic heterocycles. The molecule has 1 aromatic carbocycles. The van der Waals surface area contributed by atoms with Crippen LogP contribution in [0.15, 0.2) is 16.6 Å². The number of halogens is 3. The molecular weight excluding hydrogens is 272 g/mol. The maximum Gasteiger partial charge on any atom is 0.283 e. The topological polar surface area (TPSA) is 29.5 Å². The van der Waals surface area contributed by atoms with E-state index in [2.05, 4.69) is 20.8 Å². The number of benzene rings is 1. The van der Waals surface area contributed by atoms with Crippen LogP contribution >= 0.6 is 15.9 Å². The van der Waals surface area contributed by atoms with Crippen molar-refractivity contribution in [2.75, 3.05) is 14.2 Å². The number of hydrogen-bond acceptors (Lipinski definition) is 2. The van der Waals surface area contributed by atoms with Crippen molar-refractivity contribution in [3.8, 4) is 0 Å². The van der Waals surface area contributed by atoms with Gasteiger partial charge in [0.25, 0.3) is 5.91 Å². The second-order valence-electron chi connectivity index (χ2n) is 2.73. The summed E-state index contributed by atoms with van der Waals surface area (Å²) >= 11 is 2.91. The van der Waals surface area contributed by atoms with Gasteiger partial charge < -0.3 is 0 Å². The summed E-state index contributed by atoms with van der Waals surface area (Å²) in [6.45, 7) is 0. The van der Waals surface area contributed by atoms with Crippen LogP contribution < -0.4 is 0 Å². The van der Waals surface area contributed by atoms with Crippen molar-refractivity contribution in [2.45, 2.75) is 0 Å². The van der Waals surface area contributed by atoms with Crippen molar-refractivity contribution in [3.63, 3.8) is 0 Å². The van der Waals surface area contributed by atoms with E-state index in [-0.39, 0.29) is 4.47 Å². The van der Waals surface area contributed by atoms with E-state index in [1.165, 1.54) is 14.2 Å². The van der Waals surface area contributed by atoms with Gasteiger partial charge in [-0.25, -0.2) is 13.8 Å². The summed E-state index contributed by atoms with van der Waals surface area (Å²) in [4.78, 5) is 16.0. The van der Waals surface area contributed by atoms with Crippen molar-refractivity contribution in [1.29, 1.82) is 0 Å². The van der Waals surface area contributed by atoms with Crippen LogP contribution in [0.1, 0.15) is 10.4 Å². The molecule has 0 unspecified atom stereocenters. The predicted octanol–water partition coefficient (Wildman–Crippen LogP) is 2.36. The van der Waals surface area contributed by atoms with Crippen molar-refractivity contribution < 1.29 is 18.4 Å². The van der Waals surface area contributed by atoms with Gasteiger partial charge >= 0.3 is 0 Å². The molecule has 0 bridgehead atoms. The van der Waals surface area contributed by atoms with Crippen LogP contribution in [-0.4, -0.2) is 25.1 Å². The molecule has 0 heterocycles. The fraction of sp³-hybridized carbons (Fsp3) is 0.222. The van der Waals surface area contributed by atoms with Gasteiger partial charge in [-0.15, -0.1) is 0 Å². The highest BCUT2D eigenvalue weighted by Gasteiger charge is 2.21. The Morgan fingerprint density at radius 3 is 2.27 bits per heavy atom. The summed E-state index contributed by atoms with van der Waals surface area (Å²) in [5.41, 5.74) is -0.637. The highest BCUT2D eigenvalue weighted by atomic mass is 79.9. The average molecular weight is 280 g/mol. The Hall–Kier alpha value is -1.01. The zero-order valence-corrected chi connectivity index (χ0v) is 9.64. The van der Waals surface area contributed by atoms with Crippen LogP contribution in [0, 0.1) is 11.6 Å². The lowest BCUT2D eigenvalue weighted by Gasteiger charge is -2.14. The first-order valence-corrected chi connectivity index (χ1v) is 4.73. The molecule has 0 saturated carbocycles. The summed E-state index contributed by atoms with van der Waals surface area (Å²) in [6.07, 6.45) is 0. The molecule has 6 heteroatoms. The molecule has 0 saturated heterocycles. The zero-order chi connectivity index (χ0) is 11.6. The van der Waals surface area contributed by atoms with E-state index in [1.54, 1.807) is 0 Å². The average Bonchev–Trinajstić information content (AvgIpc) is 2.14. The molecule has 15 heavy (non-hydrogen) atoms. The number of hydroxylamine groups is 2. The predicted molar refractivity (Wildman–Crippen MR) is 53.2 cm³/mol. The Morgan fingerprint density at radius 2 is 1.87 bits per heavy atom. The number of amides is 1. The van der Waals surface area contributed by atoms with Crippen LogP contribution in [0.4, 0.5) is 8.78 Å². The molecule has 1 amide bonds. The molecule has 82 valence electrons. The monoisotopic (exact) mass is 279 g/mol. The highest BCUT2D eigenvalue weighted by Crippen LogP contribution is 2.20. The van der Waals surface area contributed by atoms with Crippen LogP contribution in [0.25, 0.3) is 0 Å². The van der Waals surface area contributed by atoms with Gasteiger partial charge in [0.15, 0.2) is 0 Å². The van der Waals surface area contributed by atoms with Crippen LogP contribution in [0.2, 0.25) is 0 Å². The summed E-state index contributed by atoms with van der Waals surface area (Å²) in [5, 5.41) is 0.745. The van der Waals surface area contributed by atoms with Crippen molar-refractivity contribution in [3.05, 3.63) is 33.8 Å². The lowest BCUT2D eigenvalue weighted by atomic mass is 10.2. The largest absolute Gasteiger partial charge is 0.283 e. The molecule has 1 rings (SSSR count). The van der Waals surface area contributed by atoms with Crippen LogP contribution in [-0.2, 0) is 4.84 Å². The first-order chi connectivity index (χ1) is 6.97. The maximum absolute atomic E-state index is 13.3. The smallest absolute Gasteiger partial charge is 0.274 e. The van der Waals surface area contributed by atoms with Gasteiger partial charge in [0.2, 0.25) is 0 Å². The van der Waals surface area contributed by atoms with Gasteiger partial charge in [0.05, 0.1) is 7.11 Å². The summed E-state index contributed by atoms with van der Waals surface area (Å²) in [5.74, 6) is -2.74. The fourth-order valence-corrected chi connectivity index (χ4v) is 1.39. The third kappa shape index (κ3) is 2.51. The Bertz CT molecular complexity index is 375. The number of carbonyl (C=O) groups is 1. The minimum Gasteiger partial charge on any atom is -0.274 e. The van der Waals surface area contributed by atoms with E-state index >= 15 is 0 Å². The molecule has 0 radical (unpaired) electrons. The first-order valence-electron chi connectivity index (χ1n) is 3.94. The van der Waals surface area contributed by atoms with E-state index in [0.717, 1.165) is 17.2 Å². The Balaban J connectivity index is 3.20. The Morgan fingerprint density at radius 1 is 1.40 bits per heavy atom. The summed E-state index contributed by atoms with van der Waals surface area (Å²) in [7, 11) is 2.50. The zero-order valence-electron chi connectivity index (χ0n) is 8.05. The second-order valence-corrected chi connectivity index (χ2v) is 3.65. The third-order valence-electron chi connectivity index (χ3n) is 1.78. The lowest BCUT2D eigenvalue weighted by molar-refractivity contribution is -0.0762. The fourth-order valence-electron chi connectivity index (χ4n) is 0.987. The summed E-state index contributed by atoms with van der Waals surface area (Å²) < 4.78 is 26.8. The van der Waals surface area contributed by atoms with Crippen molar-refractivity contribution in [1.82, 2.24) is 5.06 Å². The molecular formula is C9H8BrF2NO2. The van der Waals surface area contributed by atoms with Crippen LogP contribution in [0.5, 0.6) is 0 Å². The van der Waals surface area contributed by atoms with E-state index in [0.29, 0.717) is 0 Å². The van der Waals surface area contributed by atoms with Gasteiger partial charge in [-0.3, -0.25) is 9.63 Å². The Kier molecular flexibility index (Phi) is 3.76. The van der Waals surface area contributed by atoms with Gasteiger partial charge in [0, 0.05) is 11.5 Å². The van der Waals surface area contributed by atoms with Gasteiger partial charge in [-0.1, -0.05) is 15.9 Å². The SMILES string of the molecule is CON(C)C(=O)c1c(F)cc(Br)cc1F. The number of carbonyl (C=O) groups excluding carboxylic acids is 1. The van der Waals surface area contributed by atoms with E-state index < -0.39 is 23.1 Å². The summed E-state index contributed by atoms with van der Waals surface area (Å²) in [6, 6.07) is 2.03. The van der Waals surface area contributed by atoms with Gasteiger partial charge in [0.1, 0.15) is 17.2 Å². The molecule has 1 aromatic rings. The van der Waals surface area contributed by atoms with Gasteiger partial charge in [-0.05, 0) is 12.1 Å². The molecule has 0 atom stereocenters. The number of rotatable bonds is 2.